The van der Waals surface area contributed by atoms with E-state index in [1.54, 1.807) is 18.2 Å². The molecular formula is C18H27N3O3S. The second kappa shape index (κ2) is 7.85. The van der Waals surface area contributed by atoms with Crippen LogP contribution in [0, 0.1) is 5.92 Å². The van der Waals surface area contributed by atoms with Crippen LogP contribution in [-0.2, 0) is 10.0 Å². The van der Waals surface area contributed by atoms with Crippen molar-refractivity contribution in [3.63, 3.8) is 0 Å². The first kappa shape index (κ1) is 18.4. The summed E-state index contributed by atoms with van der Waals surface area (Å²) in [4.78, 5) is 12.7. The SMILES string of the molecule is CC1CNCCC1NC(=O)c1cccc(S(=O)(=O)NC2CCCC2)c1. The van der Waals surface area contributed by atoms with Crippen LogP contribution in [0.5, 0.6) is 0 Å². The first-order valence-corrected chi connectivity index (χ1v) is 10.6. The second-order valence-corrected chi connectivity index (χ2v) is 8.89. The molecule has 6 nitrogen and oxygen atoms in total. The Morgan fingerprint density at radius 2 is 1.96 bits per heavy atom. The van der Waals surface area contributed by atoms with Gasteiger partial charge < -0.3 is 10.6 Å². The highest BCUT2D eigenvalue weighted by Crippen LogP contribution is 2.21. The van der Waals surface area contributed by atoms with Gasteiger partial charge in [0.15, 0.2) is 0 Å². The van der Waals surface area contributed by atoms with Gasteiger partial charge in [-0.2, -0.15) is 0 Å². The van der Waals surface area contributed by atoms with E-state index >= 15 is 0 Å². The molecule has 0 radical (unpaired) electrons. The minimum atomic E-state index is -3.58. The maximum absolute atomic E-state index is 12.6. The quantitative estimate of drug-likeness (QED) is 0.740. The van der Waals surface area contributed by atoms with Gasteiger partial charge in [0.2, 0.25) is 10.0 Å². The van der Waals surface area contributed by atoms with Crippen molar-refractivity contribution in [2.45, 2.75) is 56.0 Å². The molecule has 2 aliphatic rings. The summed E-state index contributed by atoms with van der Waals surface area (Å²) < 4.78 is 27.9. The maximum atomic E-state index is 12.6. The first-order chi connectivity index (χ1) is 12.0. The third-order valence-corrected chi connectivity index (χ3v) is 6.70. The van der Waals surface area contributed by atoms with E-state index in [-0.39, 0.29) is 22.9 Å². The first-order valence-electron chi connectivity index (χ1n) is 9.10. The fourth-order valence-electron chi connectivity index (χ4n) is 3.62. The van der Waals surface area contributed by atoms with Gasteiger partial charge in [-0.15, -0.1) is 0 Å². The van der Waals surface area contributed by atoms with E-state index in [0.29, 0.717) is 11.5 Å². The Morgan fingerprint density at radius 1 is 1.20 bits per heavy atom. The van der Waals surface area contributed by atoms with Gasteiger partial charge in [0.05, 0.1) is 4.90 Å². The smallest absolute Gasteiger partial charge is 0.251 e. The number of carbonyl (C=O) groups excluding carboxylic acids is 1. The summed E-state index contributed by atoms with van der Waals surface area (Å²) in [7, 11) is -3.58. The molecule has 0 bridgehead atoms. The van der Waals surface area contributed by atoms with E-state index in [2.05, 4.69) is 22.3 Å². The molecule has 1 saturated heterocycles. The monoisotopic (exact) mass is 365 g/mol. The summed E-state index contributed by atoms with van der Waals surface area (Å²) in [6, 6.07) is 6.43. The third-order valence-electron chi connectivity index (χ3n) is 5.19. The van der Waals surface area contributed by atoms with Gasteiger partial charge >= 0.3 is 0 Å². The van der Waals surface area contributed by atoms with Gasteiger partial charge in [-0.1, -0.05) is 25.8 Å². The summed E-state index contributed by atoms with van der Waals surface area (Å²) in [6.45, 7) is 3.86. The molecule has 1 saturated carbocycles. The highest BCUT2D eigenvalue weighted by atomic mass is 32.2. The molecule has 1 aromatic carbocycles. The lowest BCUT2D eigenvalue weighted by molar-refractivity contribution is 0.0914. The van der Waals surface area contributed by atoms with Gasteiger partial charge in [0.25, 0.3) is 5.91 Å². The lowest BCUT2D eigenvalue weighted by atomic mass is 9.95. The fourth-order valence-corrected chi connectivity index (χ4v) is 4.97. The summed E-state index contributed by atoms with van der Waals surface area (Å²) in [5.41, 5.74) is 0.389. The standard InChI is InChI=1S/C18H27N3O3S/c1-13-12-19-10-9-17(13)20-18(22)14-5-4-8-16(11-14)25(23,24)21-15-6-2-3-7-15/h4-5,8,11,13,15,17,19,21H,2-3,6-7,9-10,12H2,1H3,(H,20,22). The van der Waals surface area contributed by atoms with Crippen molar-refractivity contribution in [1.82, 2.24) is 15.4 Å². The predicted molar refractivity (Wildman–Crippen MR) is 96.9 cm³/mol. The molecule has 2 atom stereocenters. The number of amides is 1. The Kier molecular flexibility index (Phi) is 5.76. The molecule has 1 aromatic rings. The average Bonchev–Trinajstić information content (AvgIpc) is 3.09. The molecule has 25 heavy (non-hydrogen) atoms. The van der Waals surface area contributed by atoms with Crippen molar-refractivity contribution in [3.05, 3.63) is 29.8 Å². The molecule has 1 aliphatic heterocycles. The lowest BCUT2D eigenvalue weighted by Crippen LogP contribution is -2.48. The number of benzene rings is 1. The number of piperidine rings is 1. The highest BCUT2D eigenvalue weighted by Gasteiger charge is 2.25. The van der Waals surface area contributed by atoms with Crippen molar-refractivity contribution in [2.75, 3.05) is 13.1 Å². The van der Waals surface area contributed by atoms with Crippen molar-refractivity contribution in [3.8, 4) is 0 Å². The Balaban J connectivity index is 1.70. The van der Waals surface area contributed by atoms with Gasteiger partial charge in [0, 0.05) is 17.6 Å². The minimum absolute atomic E-state index is 0.0121. The van der Waals surface area contributed by atoms with Crippen molar-refractivity contribution < 1.29 is 13.2 Å². The molecule has 2 unspecified atom stereocenters. The average molecular weight is 365 g/mol. The van der Waals surface area contributed by atoms with Crippen LogP contribution in [0.15, 0.2) is 29.2 Å². The van der Waals surface area contributed by atoms with E-state index in [1.165, 1.54) is 6.07 Å². The summed E-state index contributed by atoms with van der Waals surface area (Å²) in [5.74, 6) is 0.144. The Morgan fingerprint density at radius 3 is 2.68 bits per heavy atom. The normalized spacial score (nSPS) is 25.0. The van der Waals surface area contributed by atoms with Crippen molar-refractivity contribution in [2.24, 2.45) is 5.92 Å². The minimum Gasteiger partial charge on any atom is -0.349 e. The molecule has 3 rings (SSSR count). The van der Waals surface area contributed by atoms with Crippen LogP contribution in [-0.4, -0.2) is 39.5 Å². The number of sulfonamides is 1. The highest BCUT2D eigenvalue weighted by molar-refractivity contribution is 7.89. The van der Waals surface area contributed by atoms with E-state index in [9.17, 15) is 13.2 Å². The van der Waals surface area contributed by atoms with Crippen molar-refractivity contribution in [1.29, 1.82) is 0 Å². The third kappa shape index (κ3) is 4.59. The van der Waals surface area contributed by atoms with Crippen LogP contribution in [0.4, 0.5) is 0 Å². The number of carbonyl (C=O) groups is 1. The zero-order valence-electron chi connectivity index (χ0n) is 14.6. The van der Waals surface area contributed by atoms with Crippen LogP contribution in [0.1, 0.15) is 49.4 Å². The van der Waals surface area contributed by atoms with Crippen LogP contribution in [0.25, 0.3) is 0 Å². The van der Waals surface area contributed by atoms with Crippen LogP contribution in [0.3, 0.4) is 0 Å². The number of hydrogen-bond donors (Lipinski definition) is 3. The van der Waals surface area contributed by atoms with Crippen LogP contribution < -0.4 is 15.4 Å². The lowest BCUT2D eigenvalue weighted by Gasteiger charge is -2.30. The zero-order chi connectivity index (χ0) is 17.9. The molecule has 1 amide bonds. The molecule has 2 fully saturated rings. The van der Waals surface area contributed by atoms with Crippen LogP contribution in [0.2, 0.25) is 0 Å². The predicted octanol–water partition coefficient (Wildman–Crippen LogP) is 1.64. The summed E-state index contributed by atoms with van der Waals surface area (Å²) in [5, 5.41) is 6.34. The molecule has 1 heterocycles. The number of nitrogens with one attached hydrogen (secondary N) is 3. The van der Waals surface area contributed by atoms with Crippen LogP contribution >= 0.6 is 0 Å². The van der Waals surface area contributed by atoms with E-state index < -0.39 is 10.0 Å². The molecule has 1 aliphatic carbocycles. The molecule has 7 heteroatoms. The maximum Gasteiger partial charge on any atom is 0.251 e. The zero-order valence-corrected chi connectivity index (χ0v) is 15.4. The largest absolute Gasteiger partial charge is 0.349 e. The van der Waals surface area contributed by atoms with E-state index in [4.69, 9.17) is 0 Å². The summed E-state index contributed by atoms with van der Waals surface area (Å²) in [6.07, 6.45) is 4.77. The molecule has 138 valence electrons. The van der Waals surface area contributed by atoms with E-state index in [1.807, 2.05) is 0 Å². The topological polar surface area (TPSA) is 87.3 Å². The Labute approximate surface area is 149 Å². The van der Waals surface area contributed by atoms with Gasteiger partial charge in [-0.05, 0) is 56.5 Å². The Bertz CT molecular complexity index is 714. The molecular weight excluding hydrogens is 338 g/mol. The van der Waals surface area contributed by atoms with Gasteiger partial charge in [0.1, 0.15) is 0 Å². The van der Waals surface area contributed by atoms with Crippen molar-refractivity contribution >= 4 is 15.9 Å². The molecule has 0 aromatic heterocycles. The summed E-state index contributed by atoms with van der Waals surface area (Å²) >= 11 is 0. The molecule has 0 spiro atoms. The number of hydrogen-bond acceptors (Lipinski definition) is 4. The van der Waals surface area contributed by atoms with E-state index in [0.717, 1.165) is 45.2 Å². The fraction of sp³-hybridized carbons (Fsp3) is 0.611. The van der Waals surface area contributed by atoms with Gasteiger partial charge in [-0.25, -0.2) is 13.1 Å². The molecule has 3 N–H and O–H groups in total. The Hall–Kier alpha value is -1.44. The number of rotatable bonds is 5. The second-order valence-electron chi connectivity index (χ2n) is 7.18. The van der Waals surface area contributed by atoms with Gasteiger partial charge in [-0.3, -0.25) is 4.79 Å².